The molecular formula is C22H23NS. The Morgan fingerprint density at radius 2 is 1.54 bits per heavy atom. The van der Waals surface area contributed by atoms with E-state index < -0.39 is 0 Å². The Kier molecular flexibility index (Phi) is 6.00. The van der Waals surface area contributed by atoms with E-state index in [0.29, 0.717) is 0 Å². The number of benzene rings is 2. The fourth-order valence-electron chi connectivity index (χ4n) is 2.87. The van der Waals surface area contributed by atoms with Gasteiger partial charge in [-0.3, -0.25) is 0 Å². The molecule has 1 atom stereocenters. The van der Waals surface area contributed by atoms with Crippen molar-refractivity contribution in [3.8, 4) is 0 Å². The van der Waals surface area contributed by atoms with Crippen LogP contribution in [0.2, 0.25) is 0 Å². The number of thiophene rings is 1. The van der Waals surface area contributed by atoms with Gasteiger partial charge in [0.15, 0.2) is 0 Å². The first-order valence-corrected chi connectivity index (χ1v) is 9.37. The van der Waals surface area contributed by atoms with E-state index in [1.165, 1.54) is 22.3 Å². The van der Waals surface area contributed by atoms with Gasteiger partial charge in [0.25, 0.3) is 0 Å². The molecule has 0 aliphatic heterocycles. The zero-order chi connectivity index (χ0) is 16.6. The maximum absolute atomic E-state index is 6.26. The Bertz CT molecular complexity index is 704. The molecule has 1 nitrogen and oxygen atoms in total. The van der Waals surface area contributed by atoms with Crippen molar-refractivity contribution < 1.29 is 0 Å². The van der Waals surface area contributed by atoms with E-state index in [2.05, 4.69) is 83.6 Å². The van der Waals surface area contributed by atoms with Crippen LogP contribution in [0.5, 0.6) is 0 Å². The zero-order valence-corrected chi connectivity index (χ0v) is 14.6. The highest BCUT2D eigenvalue weighted by atomic mass is 32.1. The molecule has 1 aromatic heterocycles. The molecule has 0 aliphatic carbocycles. The van der Waals surface area contributed by atoms with Gasteiger partial charge in [-0.05, 0) is 58.4 Å². The molecule has 3 rings (SSSR count). The van der Waals surface area contributed by atoms with Crippen LogP contribution >= 0.6 is 11.3 Å². The van der Waals surface area contributed by atoms with Gasteiger partial charge in [0, 0.05) is 6.04 Å². The van der Waals surface area contributed by atoms with Crippen LogP contribution in [-0.4, -0.2) is 0 Å². The summed E-state index contributed by atoms with van der Waals surface area (Å²) in [6, 6.07) is 23.5. The minimum absolute atomic E-state index is 0.154. The van der Waals surface area contributed by atoms with Crippen molar-refractivity contribution in [2.45, 2.75) is 25.3 Å². The van der Waals surface area contributed by atoms with E-state index >= 15 is 0 Å². The summed E-state index contributed by atoms with van der Waals surface area (Å²) in [7, 11) is 0. The first-order chi connectivity index (χ1) is 11.8. The smallest absolute Gasteiger partial charge is 0.0303 e. The number of hydrogen-bond donors (Lipinski definition) is 1. The van der Waals surface area contributed by atoms with E-state index in [1.807, 2.05) is 0 Å². The van der Waals surface area contributed by atoms with Crippen molar-refractivity contribution >= 4 is 16.9 Å². The van der Waals surface area contributed by atoms with Gasteiger partial charge in [-0.1, -0.05) is 66.7 Å². The molecule has 2 aromatic carbocycles. The highest BCUT2D eigenvalue weighted by Gasteiger charge is 2.07. The van der Waals surface area contributed by atoms with Crippen LogP contribution in [0.15, 0.2) is 83.6 Å². The summed E-state index contributed by atoms with van der Waals surface area (Å²) < 4.78 is 0. The van der Waals surface area contributed by atoms with Crippen LogP contribution < -0.4 is 5.73 Å². The van der Waals surface area contributed by atoms with Crippen LogP contribution in [0.4, 0.5) is 0 Å². The topological polar surface area (TPSA) is 26.0 Å². The second kappa shape index (κ2) is 8.62. The molecule has 3 aromatic rings. The maximum Gasteiger partial charge on any atom is 0.0303 e. The van der Waals surface area contributed by atoms with Gasteiger partial charge in [-0.25, -0.2) is 0 Å². The molecule has 2 heteroatoms. The summed E-state index contributed by atoms with van der Waals surface area (Å²) in [5, 5.41) is 4.25. The molecule has 0 aliphatic rings. The highest BCUT2D eigenvalue weighted by Crippen LogP contribution is 2.25. The Morgan fingerprint density at radius 1 is 0.917 bits per heavy atom. The molecule has 0 fully saturated rings. The van der Waals surface area contributed by atoms with Crippen LogP contribution in [0.1, 0.15) is 42.0 Å². The summed E-state index contributed by atoms with van der Waals surface area (Å²) in [6.07, 6.45) is 5.51. The highest BCUT2D eigenvalue weighted by molar-refractivity contribution is 7.07. The van der Waals surface area contributed by atoms with Crippen LogP contribution in [0, 0.1) is 0 Å². The predicted octanol–water partition coefficient (Wildman–Crippen LogP) is 6.05. The van der Waals surface area contributed by atoms with Gasteiger partial charge >= 0.3 is 0 Å². The lowest BCUT2D eigenvalue weighted by molar-refractivity contribution is 0.619. The third kappa shape index (κ3) is 4.44. The quantitative estimate of drug-likeness (QED) is 0.523. The first-order valence-electron chi connectivity index (χ1n) is 8.43. The van der Waals surface area contributed by atoms with E-state index in [9.17, 15) is 0 Å². The number of rotatable bonds is 7. The third-order valence-corrected chi connectivity index (χ3v) is 4.91. The molecule has 0 amide bonds. The Balaban J connectivity index is 1.68. The molecule has 0 saturated heterocycles. The van der Waals surface area contributed by atoms with E-state index in [-0.39, 0.29) is 6.04 Å². The number of unbranched alkanes of at least 4 members (excludes halogenated alkanes) is 1. The standard InChI is InChI=1S/C22H23NS/c23-22(20-15-16-24-17-20)14-8-7-13-21(18-9-3-1-4-10-18)19-11-5-2-6-12-19/h1-6,9-13,15-17,22H,7-8,14,23H2. The van der Waals surface area contributed by atoms with Gasteiger partial charge in [0.1, 0.15) is 0 Å². The fraction of sp³-hybridized carbons (Fsp3) is 0.182. The second-order valence-electron chi connectivity index (χ2n) is 5.94. The van der Waals surface area contributed by atoms with Crippen LogP contribution in [0.3, 0.4) is 0 Å². The molecular weight excluding hydrogens is 310 g/mol. The Morgan fingerprint density at radius 3 is 2.08 bits per heavy atom. The summed E-state index contributed by atoms with van der Waals surface area (Å²) in [5.41, 5.74) is 11.4. The average molecular weight is 334 g/mol. The van der Waals surface area contributed by atoms with Crippen molar-refractivity contribution in [2.24, 2.45) is 5.73 Å². The lowest BCUT2D eigenvalue weighted by atomic mass is 9.96. The minimum Gasteiger partial charge on any atom is -0.324 e. The fourth-order valence-corrected chi connectivity index (χ4v) is 3.60. The van der Waals surface area contributed by atoms with Gasteiger partial charge < -0.3 is 5.73 Å². The zero-order valence-electron chi connectivity index (χ0n) is 13.8. The Hall–Kier alpha value is -2.16. The summed E-state index contributed by atoms with van der Waals surface area (Å²) >= 11 is 1.71. The van der Waals surface area contributed by atoms with Crippen molar-refractivity contribution in [1.82, 2.24) is 0 Å². The Labute approximate surface area is 148 Å². The molecule has 0 radical (unpaired) electrons. The van der Waals surface area contributed by atoms with Crippen LogP contribution in [0.25, 0.3) is 5.57 Å². The van der Waals surface area contributed by atoms with Crippen molar-refractivity contribution in [3.05, 3.63) is 100 Å². The molecule has 1 heterocycles. The second-order valence-corrected chi connectivity index (χ2v) is 6.72. The van der Waals surface area contributed by atoms with E-state index in [4.69, 9.17) is 5.73 Å². The predicted molar refractivity (Wildman–Crippen MR) is 105 cm³/mol. The SMILES string of the molecule is NC(CCCC=C(c1ccccc1)c1ccccc1)c1ccsc1. The minimum atomic E-state index is 0.154. The lowest BCUT2D eigenvalue weighted by Crippen LogP contribution is -2.08. The largest absolute Gasteiger partial charge is 0.324 e. The van der Waals surface area contributed by atoms with Crippen LogP contribution in [-0.2, 0) is 0 Å². The van der Waals surface area contributed by atoms with Gasteiger partial charge in [0.05, 0.1) is 0 Å². The molecule has 0 saturated carbocycles. The maximum atomic E-state index is 6.26. The van der Waals surface area contributed by atoms with Gasteiger partial charge in [-0.2, -0.15) is 11.3 Å². The summed E-state index contributed by atoms with van der Waals surface area (Å²) in [5.74, 6) is 0. The summed E-state index contributed by atoms with van der Waals surface area (Å²) in [4.78, 5) is 0. The van der Waals surface area contributed by atoms with Crippen molar-refractivity contribution in [1.29, 1.82) is 0 Å². The molecule has 24 heavy (non-hydrogen) atoms. The van der Waals surface area contributed by atoms with E-state index in [0.717, 1.165) is 19.3 Å². The van der Waals surface area contributed by atoms with Crippen molar-refractivity contribution in [2.75, 3.05) is 0 Å². The number of hydrogen-bond acceptors (Lipinski definition) is 2. The lowest BCUT2D eigenvalue weighted by Gasteiger charge is -2.11. The molecule has 122 valence electrons. The monoisotopic (exact) mass is 333 g/mol. The number of allylic oxidation sites excluding steroid dienone is 1. The van der Waals surface area contributed by atoms with Gasteiger partial charge in [0.2, 0.25) is 0 Å². The molecule has 0 spiro atoms. The average Bonchev–Trinajstić information content (AvgIpc) is 3.18. The molecule has 1 unspecified atom stereocenters. The van der Waals surface area contributed by atoms with Crippen molar-refractivity contribution in [3.63, 3.8) is 0 Å². The summed E-state index contributed by atoms with van der Waals surface area (Å²) in [6.45, 7) is 0. The molecule has 0 bridgehead atoms. The van der Waals surface area contributed by atoms with E-state index in [1.54, 1.807) is 11.3 Å². The number of nitrogens with two attached hydrogens (primary N) is 1. The first kappa shape index (κ1) is 16.7. The van der Waals surface area contributed by atoms with Gasteiger partial charge in [-0.15, -0.1) is 0 Å². The third-order valence-electron chi connectivity index (χ3n) is 4.21. The molecule has 2 N–H and O–H groups in total. The normalized spacial score (nSPS) is 11.9.